The number of aliphatic hydroxyl groups is 1. The minimum atomic E-state index is -1.01. The van der Waals surface area contributed by atoms with Gasteiger partial charge in [0.15, 0.2) is 0 Å². The summed E-state index contributed by atoms with van der Waals surface area (Å²) in [6, 6.07) is 0. The molecule has 0 heterocycles. The first-order valence-electron chi connectivity index (χ1n) is 2.40. The molecule has 0 amide bonds. The van der Waals surface area contributed by atoms with Gasteiger partial charge in [0, 0.05) is 0 Å². The Morgan fingerprint density at radius 2 is 1.88 bits per heavy atom. The van der Waals surface area contributed by atoms with Crippen LogP contribution in [0.4, 0.5) is 0 Å². The maximum atomic E-state index is 10.3. The molecule has 1 N–H and O–H groups in total. The molecular weight excluding hydrogens is 108 g/mol. The van der Waals surface area contributed by atoms with E-state index in [1.54, 1.807) is 0 Å². The second-order valence-corrected chi connectivity index (χ2v) is 1.96. The molecule has 3 heteroatoms. The lowest BCUT2D eigenvalue weighted by Gasteiger charge is -2.24. The summed E-state index contributed by atoms with van der Waals surface area (Å²) in [5, 5.41) is 8.59. The molecule has 1 rings (SSSR count). The number of ketones is 2. The van der Waals surface area contributed by atoms with Gasteiger partial charge >= 0.3 is 0 Å². The summed E-state index contributed by atoms with van der Waals surface area (Å²) in [6.45, 7) is 1.54. The van der Waals surface area contributed by atoms with Crippen LogP contribution in [0, 0.1) is 5.92 Å². The Morgan fingerprint density at radius 1 is 1.38 bits per heavy atom. The van der Waals surface area contributed by atoms with E-state index < -0.39 is 23.6 Å². The van der Waals surface area contributed by atoms with E-state index in [-0.39, 0.29) is 0 Å². The van der Waals surface area contributed by atoms with Crippen molar-refractivity contribution in [3.63, 3.8) is 0 Å². The van der Waals surface area contributed by atoms with Crippen molar-refractivity contribution in [2.24, 2.45) is 5.92 Å². The number of rotatable bonds is 0. The summed E-state index contributed by atoms with van der Waals surface area (Å²) in [5.41, 5.74) is 0. The summed E-state index contributed by atoms with van der Waals surface area (Å²) in [4.78, 5) is 20.4. The molecule has 1 unspecified atom stereocenters. The molecule has 0 radical (unpaired) electrons. The topological polar surface area (TPSA) is 54.4 Å². The highest BCUT2D eigenvalue weighted by molar-refractivity contribution is 6.46. The van der Waals surface area contributed by atoms with Gasteiger partial charge in [-0.3, -0.25) is 9.59 Å². The predicted octanol–water partition coefficient (Wildman–Crippen LogP) is -0.865. The third kappa shape index (κ3) is 0.419. The van der Waals surface area contributed by atoms with Gasteiger partial charge in [-0.15, -0.1) is 0 Å². The Kier molecular flexibility index (Phi) is 0.942. The number of carbonyl (C=O) groups excluding carboxylic acids is 2. The van der Waals surface area contributed by atoms with Crippen molar-refractivity contribution in [2.75, 3.05) is 0 Å². The number of aliphatic hydroxyl groups excluding tert-OH is 1. The fourth-order valence-electron chi connectivity index (χ4n) is 0.644. The van der Waals surface area contributed by atoms with E-state index in [0.717, 1.165) is 0 Å². The SMILES string of the molecule is C[C@@H]1C(=O)C(=O)C1O. The Hall–Kier alpha value is -0.700. The van der Waals surface area contributed by atoms with E-state index in [2.05, 4.69) is 0 Å². The first-order chi connectivity index (χ1) is 3.64. The van der Waals surface area contributed by atoms with Gasteiger partial charge in [0.25, 0.3) is 0 Å². The van der Waals surface area contributed by atoms with Crippen LogP contribution in [0.5, 0.6) is 0 Å². The molecule has 1 aliphatic rings. The van der Waals surface area contributed by atoms with Gasteiger partial charge in [-0.1, -0.05) is 6.92 Å². The van der Waals surface area contributed by atoms with Crippen LogP contribution in [0.15, 0.2) is 0 Å². The summed E-state index contributed by atoms with van der Waals surface area (Å²) >= 11 is 0. The first-order valence-corrected chi connectivity index (χ1v) is 2.40. The van der Waals surface area contributed by atoms with Gasteiger partial charge in [0.05, 0.1) is 5.92 Å². The molecular formula is C5H6O3. The van der Waals surface area contributed by atoms with Crippen LogP contribution >= 0.6 is 0 Å². The van der Waals surface area contributed by atoms with E-state index >= 15 is 0 Å². The Balaban J connectivity index is 2.68. The molecule has 0 aromatic rings. The van der Waals surface area contributed by atoms with Crippen LogP contribution < -0.4 is 0 Å². The van der Waals surface area contributed by atoms with Crippen molar-refractivity contribution in [1.29, 1.82) is 0 Å². The molecule has 0 spiro atoms. The lowest BCUT2D eigenvalue weighted by molar-refractivity contribution is -0.157. The predicted molar refractivity (Wildman–Crippen MR) is 25.2 cm³/mol. The number of carbonyl (C=O) groups is 2. The molecule has 1 saturated carbocycles. The average molecular weight is 114 g/mol. The van der Waals surface area contributed by atoms with Gasteiger partial charge < -0.3 is 5.11 Å². The summed E-state index contributed by atoms with van der Waals surface area (Å²) in [7, 11) is 0. The second-order valence-electron chi connectivity index (χ2n) is 1.96. The van der Waals surface area contributed by atoms with Gasteiger partial charge in [-0.2, -0.15) is 0 Å². The third-order valence-electron chi connectivity index (χ3n) is 1.40. The van der Waals surface area contributed by atoms with E-state index in [1.807, 2.05) is 0 Å². The molecule has 44 valence electrons. The largest absolute Gasteiger partial charge is 0.384 e. The standard InChI is InChI=1S/C5H6O3/c1-2-3(6)5(8)4(2)7/h2-3,6H,1H3/t2-,3?/m0/s1. The fraction of sp³-hybridized carbons (Fsp3) is 0.600. The molecule has 0 saturated heterocycles. The molecule has 0 aromatic heterocycles. The number of hydrogen-bond donors (Lipinski definition) is 1. The molecule has 2 atom stereocenters. The minimum Gasteiger partial charge on any atom is -0.384 e. The maximum absolute atomic E-state index is 10.3. The lowest BCUT2D eigenvalue weighted by Crippen LogP contribution is -2.51. The van der Waals surface area contributed by atoms with Crippen LogP contribution in [-0.2, 0) is 9.59 Å². The van der Waals surface area contributed by atoms with Gasteiger partial charge in [-0.05, 0) is 0 Å². The van der Waals surface area contributed by atoms with E-state index in [9.17, 15) is 9.59 Å². The average Bonchev–Trinajstić information content (AvgIpc) is 1.83. The van der Waals surface area contributed by atoms with Gasteiger partial charge in [0.2, 0.25) is 11.6 Å². The zero-order chi connectivity index (χ0) is 6.31. The maximum Gasteiger partial charge on any atom is 0.227 e. The van der Waals surface area contributed by atoms with Crippen LogP contribution in [0.3, 0.4) is 0 Å². The Labute approximate surface area is 46.3 Å². The van der Waals surface area contributed by atoms with Crippen molar-refractivity contribution >= 4 is 11.6 Å². The summed E-state index contributed by atoms with van der Waals surface area (Å²) in [6.07, 6.45) is -1.01. The van der Waals surface area contributed by atoms with Crippen molar-refractivity contribution in [2.45, 2.75) is 13.0 Å². The molecule has 8 heavy (non-hydrogen) atoms. The molecule has 0 aromatic carbocycles. The monoisotopic (exact) mass is 114 g/mol. The molecule has 1 aliphatic carbocycles. The Bertz CT molecular complexity index is 132. The fourth-order valence-corrected chi connectivity index (χ4v) is 0.644. The second kappa shape index (κ2) is 1.39. The zero-order valence-electron chi connectivity index (χ0n) is 4.42. The van der Waals surface area contributed by atoms with E-state index in [4.69, 9.17) is 5.11 Å². The van der Waals surface area contributed by atoms with Crippen LogP contribution in [-0.4, -0.2) is 22.8 Å². The van der Waals surface area contributed by atoms with Crippen LogP contribution in [0.1, 0.15) is 6.92 Å². The van der Waals surface area contributed by atoms with Crippen molar-refractivity contribution in [3.05, 3.63) is 0 Å². The highest BCUT2D eigenvalue weighted by atomic mass is 16.3. The third-order valence-corrected chi connectivity index (χ3v) is 1.40. The molecule has 1 fully saturated rings. The summed E-state index contributed by atoms with van der Waals surface area (Å²) < 4.78 is 0. The summed E-state index contributed by atoms with van der Waals surface area (Å²) in [5.74, 6) is -1.54. The lowest BCUT2D eigenvalue weighted by atomic mass is 9.81. The van der Waals surface area contributed by atoms with Crippen molar-refractivity contribution < 1.29 is 14.7 Å². The van der Waals surface area contributed by atoms with Crippen LogP contribution in [0.25, 0.3) is 0 Å². The molecule has 3 nitrogen and oxygen atoms in total. The van der Waals surface area contributed by atoms with E-state index in [0.29, 0.717) is 0 Å². The zero-order valence-corrected chi connectivity index (χ0v) is 4.42. The van der Waals surface area contributed by atoms with Gasteiger partial charge in [0.1, 0.15) is 6.10 Å². The quantitative estimate of drug-likeness (QED) is 0.417. The highest BCUT2D eigenvalue weighted by Gasteiger charge is 2.44. The van der Waals surface area contributed by atoms with Gasteiger partial charge in [-0.25, -0.2) is 0 Å². The Morgan fingerprint density at radius 3 is 2.00 bits per heavy atom. The van der Waals surface area contributed by atoms with E-state index in [1.165, 1.54) is 6.92 Å². The first kappa shape index (κ1) is 5.44. The van der Waals surface area contributed by atoms with Crippen LogP contribution in [0.2, 0.25) is 0 Å². The number of Topliss-reactive ketones (excluding diaryl/α,β-unsaturated/α-hetero) is 2. The van der Waals surface area contributed by atoms with Crippen molar-refractivity contribution in [3.8, 4) is 0 Å². The molecule has 0 aliphatic heterocycles. The smallest absolute Gasteiger partial charge is 0.227 e. The minimum absolute atomic E-state index is 0.447. The highest BCUT2D eigenvalue weighted by Crippen LogP contribution is 2.17. The molecule has 0 bridgehead atoms. The number of hydrogen-bond acceptors (Lipinski definition) is 3. The van der Waals surface area contributed by atoms with Crippen molar-refractivity contribution in [1.82, 2.24) is 0 Å². The normalized spacial score (nSPS) is 37.2.